The van der Waals surface area contributed by atoms with E-state index in [4.69, 9.17) is 9.47 Å². The molecule has 1 heterocycles. The van der Waals surface area contributed by atoms with E-state index in [1.165, 1.54) is 0 Å². The standard InChI is InChI=1S/C21H34N4O3/c1-5-27-18(16(2)3)11-13-24-21(22-4)23-12-8-14-25-17-9-6-7-10-19(17)28-15-20(25)26/h6-7,9-10,16,18H,5,8,11-15H2,1-4H3,(H2,22,23,24). The fourth-order valence-electron chi connectivity index (χ4n) is 3.22. The smallest absolute Gasteiger partial charge is 0.265 e. The normalized spacial score (nSPS) is 15.2. The Balaban J connectivity index is 1.72. The van der Waals surface area contributed by atoms with Crippen LogP contribution in [0.15, 0.2) is 29.3 Å². The average Bonchev–Trinajstić information content (AvgIpc) is 2.70. The number of fused-ring (bicyclic) bond motifs is 1. The predicted octanol–water partition coefficient (Wildman–Crippen LogP) is 2.42. The van der Waals surface area contributed by atoms with E-state index in [0.29, 0.717) is 12.5 Å². The molecule has 0 fully saturated rings. The van der Waals surface area contributed by atoms with E-state index in [-0.39, 0.29) is 18.6 Å². The van der Waals surface area contributed by atoms with Crippen molar-refractivity contribution in [3.63, 3.8) is 0 Å². The molecule has 0 radical (unpaired) electrons. The number of rotatable bonds is 10. The van der Waals surface area contributed by atoms with Crippen LogP contribution < -0.4 is 20.3 Å². The molecule has 0 spiro atoms. The quantitative estimate of drug-likeness (QED) is 0.365. The minimum absolute atomic E-state index is 0.00291. The number of para-hydroxylation sites is 2. The molecular weight excluding hydrogens is 356 g/mol. The second-order valence-electron chi connectivity index (χ2n) is 7.11. The number of nitrogens with one attached hydrogen (secondary N) is 2. The van der Waals surface area contributed by atoms with Gasteiger partial charge in [0, 0.05) is 33.3 Å². The van der Waals surface area contributed by atoms with Crippen molar-refractivity contribution in [3.05, 3.63) is 24.3 Å². The van der Waals surface area contributed by atoms with Crippen LogP contribution in [0.1, 0.15) is 33.6 Å². The van der Waals surface area contributed by atoms with Gasteiger partial charge in [0.2, 0.25) is 0 Å². The van der Waals surface area contributed by atoms with Crippen LogP contribution in [0, 0.1) is 5.92 Å². The van der Waals surface area contributed by atoms with Crippen molar-refractivity contribution in [1.29, 1.82) is 0 Å². The molecule has 0 saturated carbocycles. The van der Waals surface area contributed by atoms with Gasteiger partial charge in [0.05, 0.1) is 11.8 Å². The molecule has 1 aliphatic heterocycles. The largest absolute Gasteiger partial charge is 0.482 e. The summed E-state index contributed by atoms with van der Waals surface area (Å²) in [4.78, 5) is 18.2. The highest BCUT2D eigenvalue weighted by Crippen LogP contribution is 2.31. The van der Waals surface area contributed by atoms with Crippen LogP contribution in [0.2, 0.25) is 0 Å². The molecule has 1 amide bonds. The zero-order chi connectivity index (χ0) is 20.4. The zero-order valence-electron chi connectivity index (χ0n) is 17.5. The van der Waals surface area contributed by atoms with Gasteiger partial charge in [-0.1, -0.05) is 26.0 Å². The van der Waals surface area contributed by atoms with Crippen LogP contribution in [-0.4, -0.2) is 57.9 Å². The van der Waals surface area contributed by atoms with Crippen LogP contribution in [0.5, 0.6) is 5.75 Å². The maximum atomic E-state index is 12.2. The number of amides is 1. The lowest BCUT2D eigenvalue weighted by atomic mass is 10.0. The highest BCUT2D eigenvalue weighted by Gasteiger charge is 2.24. The van der Waals surface area contributed by atoms with Gasteiger partial charge in [-0.15, -0.1) is 0 Å². The van der Waals surface area contributed by atoms with Gasteiger partial charge in [-0.25, -0.2) is 0 Å². The molecule has 1 aliphatic rings. The first kappa shape index (κ1) is 22.0. The molecular formula is C21H34N4O3. The van der Waals surface area contributed by atoms with Gasteiger partial charge < -0.3 is 25.0 Å². The first-order valence-corrected chi connectivity index (χ1v) is 10.1. The van der Waals surface area contributed by atoms with E-state index >= 15 is 0 Å². The Morgan fingerprint density at radius 1 is 1.29 bits per heavy atom. The number of guanidine groups is 1. The van der Waals surface area contributed by atoms with Crippen molar-refractivity contribution in [1.82, 2.24) is 10.6 Å². The van der Waals surface area contributed by atoms with Gasteiger partial charge in [-0.3, -0.25) is 9.79 Å². The second kappa shape index (κ2) is 11.5. The van der Waals surface area contributed by atoms with Crippen LogP contribution in [0.4, 0.5) is 5.69 Å². The van der Waals surface area contributed by atoms with E-state index in [9.17, 15) is 4.79 Å². The summed E-state index contributed by atoms with van der Waals surface area (Å²) >= 11 is 0. The average molecular weight is 391 g/mol. The molecule has 1 unspecified atom stereocenters. The summed E-state index contributed by atoms with van der Waals surface area (Å²) in [6.07, 6.45) is 2.00. The summed E-state index contributed by atoms with van der Waals surface area (Å²) in [6.45, 7) is 9.40. The molecule has 7 nitrogen and oxygen atoms in total. The number of nitrogens with zero attached hydrogens (tertiary/aromatic N) is 2. The number of benzene rings is 1. The van der Waals surface area contributed by atoms with Gasteiger partial charge in [-0.05, 0) is 37.8 Å². The van der Waals surface area contributed by atoms with Crippen molar-refractivity contribution in [3.8, 4) is 5.75 Å². The van der Waals surface area contributed by atoms with Gasteiger partial charge >= 0.3 is 0 Å². The maximum absolute atomic E-state index is 12.2. The SMILES string of the molecule is CCOC(CCNC(=NC)NCCCN1C(=O)COc2ccccc21)C(C)C. The summed E-state index contributed by atoms with van der Waals surface area (Å²) in [6, 6.07) is 7.65. The maximum Gasteiger partial charge on any atom is 0.265 e. The minimum atomic E-state index is -0.00291. The Bertz CT molecular complexity index is 648. The number of carbonyl (C=O) groups is 1. The molecule has 0 aromatic heterocycles. The Labute approximate surface area is 168 Å². The second-order valence-corrected chi connectivity index (χ2v) is 7.11. The first-order valence-electron chi connectivity index (χ1n) is 10.1. The topological polar surface area (TPSA) is 75.2 Å². The van der Waals surface area contributed by atoms with Crippen molar-refractivity contribution < 1.29 is 14.3 Å². The Morgan fingerprint density at radius 2 is 2.04 bits per heavy atom. The van der Waals surface area contributed by atoms with Gasteiger partial charge in [0.1, 0.15) is 5.75 Å². The molecule has 1 atom stereocenters. The molecule has 1 aromatic rings. The fourth-order valence-corrected chi connectivity index (χ4v) is 3.22. The number of carbonyl (C=O) groups excluding carboxylic acids is 1. The predicted molar refractivity (Wildman–Crippen MR) is 113 cm³/mol. The van der Waals surface area contributed by atoms with E-state index < -0.39 is 0 Å². The third-order valence-corrected chi connectivity index (χ3v) is 4.73. The van der Waals surface area contributed by atoms with E-state index in [2.05, 4.69) is 29.5 Å². The molecule has 2 rings (SSSR count). The van der Waals surface area contributed by atoms with Gasteiger partial charge in [-0.2, -0.15) is 0 Å². The van der Waals surface area contributed by atoms with Gasteiger partial charge in [0.25, 0.3) is 5.91 Å². The first-order chi connectivity index (χ1) is 13.6. The Hall–Kier alpha value is -2.28. The lowest BCUT2D eigenvalue weighted by Crippen LogP contribution is -2.42. The van der Waals surface area contributed by atoms with Gasteiger partial charge in [0.15, 0.2) is 12.6 Å². The number of anilines is 1. The molecule has 0 aliphatic carbocycles. The number of aliphatic imine (C=N–C) groups is 1. The molecule has 7 heteroatoms. The highest BCUT2D eigenvalue weighted by atomic mass is 16.5. The number of ether oxygens (including phenoxy) is 2. The molecule has 0 saturated heterocycles. The lowest BCUT2D eigenvalue weighted by molar-refractivity contribution is -0.121. The number of hydrogen-bond donors (Lipinski definition) is 2. The lowest BCUT2D eigenvalue weighted by Gasteiger charge is -2.29. The van der Waals surface area contributed by atoms with Crippen molar-refractivity contribution >= 4 is 17.6 Å². The molecule has 28 heavy (non-hydrogen) atoms. The summed E-state index contributed by atoms with van der Waals surface area (Å²) < 4.78 is 11.3. The minimum Gasteiger partial charge on any atom is -0.482 e. The van der Waals surface area contributed by atoms with Crippen LogP contribution >= 0.6 is 0 Å². The molecule has 2 N–H and O–H groups in total. The van der Waals surface area contributed by atoms with Crippen LogP contribution in [0.3, 0.4) is 0 Å². The summed E-state index contributed by atoms with van der Waals surface area (Å²) in [5.41, 5.74) is 0.844. The van der Waals surface area contributed by atoms with Crippen molar-refractivity contribution in [2.75, 3.05) is 44.8 Å². The Kier molecular flexibility index (Phi) is 9.07. The zero-order valence-corrected chi connectivity index (χ0v) is 17.5. The molecule has 156 valence electrons. The summed E-state index contributed by atoms with van der Waals surface area (Å²) in [5, 5.41) is 6.65. The van der Waals surface area contributed by atoms with Crippen LogP contribution in [0.25, 0.3) is 0 Å². The van der Waals surface area contributed by atoms with Crippen LogP contribution in [-0.2, 0) is 9.53 Å². The summed E-state index contributed by atoms with van der Waals surface area (Å²) in [7, 11) is 1.76. The van der Waals surface area contributed by atoms with E-state index in [1.54, 1.807) is 11.9 Å². The third-order valence-electron chi connectivity index (χ3n) is 4.73. The van der Waals surface area contributed by atoms with E-state index in [0.717, 1.165) is 49.9 Å². The highest BCUT2D eigenvalue weighted by molar-refractivity contribution is 5.97. The van der Waals surface area contributed by atoms with Crippen molar-refractivity contribution in [2.24, 2.45) is 10.9 Å². The molecule has 1 aromatic carbocycles. The number of hydrogen-bond acceptors (Lipinski definition) is 4. The summed E-state index contributed by atoms with van der Waals surface area (Å²) in [5.74, 6) is 2.02. The monoisotopic (exact) mass is 390 g/mol. The third kappa shape index (κ3) is 6.41. The van der Waals surface area contributed by atoms with E-state index in [1.807, 2.05) is 31.2 Å². The van der Waals surface area contributed by atoms with Crippen molar-refractivity contribution in [2.45, 2.75) is 39.7 Å². The fraction of sp³-hybridized carbons (Fsp3) is 0.619. The molecule has 0 bridgehead atoms. The Morgan fingerprint density at radius 3 is 2.75 bits per heavy atom.